The van der Waals surface area contributed by atoms with E-state index in [9.17, 15) is 10.1 Å². The Morgan fingerprint density at radius 1 is 0.889 bits per heavy atom. The van der Waals surface area contributed by atoms with Crippen LogP contribution in [0.2, 0.25) is 0 Å². The van der Waals surface area contributed by atoms with Crippen molar-refractivity contribution in [3.8, 4) is 17.2 Å². The highest BCUT2D eigenvalue weighted by Crippen LogP contribution is 2.36. The van der Waals surface area contributed by atoms with Crippen molar-refractivity contribution in [1.29, 1.82) is 5.26 Å². The van der Waals surface area contributed by atoms with E-state index in [1.54, 1.807) is 6.20 Å². The second kappa shape index (κ2) is 9.12. The minimum atomic E-state index is -0.577. The van der Waals surface area contributed by atoms with Crippen molar-refractivity contribution < 1.29 is 4.79 Å². The third kappa shape index (κ3) is 4.47. The summed E-state index contributed by atoms with van der Waals surface area (Å²) in [7, 11) is 0. The normalized spacial score (nSPS) is 11.3. The lowest BCUT2D eigenvalue weighted by molar-refractivity contribution is -0.114. The number of hydrogen-bond donors (Lipinski definition) is 2. The van der Waals surface area contributed by atoms with Gasteiger partial charge in [0.15, 0.2) is 0 Å². The number of nitrogens with one attached hydrogen (secondary N) is 2. The predicted molar refractivity (Wildman–Crippen MR) is 145 cm³/mol. The molecule has 0 unspecified atom stereocenters. The molecule has 0 aliphatic carbocycles. The first kappa shape index (κ1) is 23.0. The fraction of sp³-hybridized carbons (Fsp3) is 0.133. The Balaban J connectivity index is 1.61. The molecule has 5 aromatic rings. The topological polar surface area (TPSA) is 90.7 Å². The van der Waals surface area contributed by atoms with Gasteiger partial charge in [-0.1, -0.05) is 36.4 Å². The first-order valence-electron chi connectivity index (χ1n) is 11.7. The molecule has 0 aliphatic heterocycles. The summed E-state index contributed by atoms with van der Waals surface area (Å²) in [5.74, 6) is -0.180. The van der Waals surface area contributed by atoms with Crippen molar-refractivity contribution in [2.24, 2.45) is 0 Å². The van der Waals surface area contributed by atoms with Crippen LogP contribution in [0.4, 0.5) is 17.1 Å². The number of carbonyl (C=O) groups is 1. The van der Waals surface area contributed by atoms with E-state index < -0.39 is 5.41 Å². The van der Waals surface area contributed by atoms with Crippen molar-refractivity contribution in [2.75, 3.05) is 10.6 Å². The van der Waals surface area contributed by atoms with Gasteiger partial charge in [-0.15, -0.1) is 0 Å². The molecule has 0 fully saturated rings. The number of benzene rings is 3. The smallest absolute Gasteiger partial charge is 0.221 e. The number of fused-ring (bicyclic) bond motifs is 2. The Morgan fingerprint density at radius 2 is 1.64 bits per heavy atom. The molecule has 1 amide bonds. The summed E-state index contributed by atoms with van der Waals surface area (Å²) in [4.78, 5) is 21.1. The molecule has 176 valence electrons. The van der Waals surface area contributed by atoms with E-state index in [-0.39, 0.29) is 5.91 Å². The molecule has 6 heteroatoms. The van der Waals surface area contributed by atoms with Crippen LogP contribution in [0.25, 0.3) is 32.9 Å². The van der Waals surface area contributed by atoms with Crippen molar-refractivity contribution in [1.82, 2.24) is 9.97 Å². The molecule has 0 bridgehead atoms. The molecule has 3 aromatic carbocycles. The predicted octanol–water partition coefficient (Wildman–Crippen LogP) is 6.95. The summed E-state index contributed by atoms with van der Waals surface area (Å²) in [6, 6.07) is 26.3. The monoisotopic (exact) mass is 471 g/mol. The van der Waals surface area contributed by atoms with Crippen LogP contribution in [0.15, 0.2) is 85.2 Å². The molecule has 0 atom stereocenters. The first-order chi connectivity index (χ1) is 17.3. The standard InChI is InChI=1S/C30H25N5O/c1-19(36)34-28-17-33-27-13-8-20(22-14-21-6-4-5-7-26(21)32-16-22)15-25(27)29(28)35-24-11-9-23(10-12-24)30(2,3)18-31/h4-17H,1-3H3,(H,33,35)(H,34,36). The van der Waals surface area contributed by atoms with Gasteiger partial charge in [0, 0.05) is 35.1 Å². The highest BCUT2D eigenvalue weighted by atomic mass is 16.1. The fourth-order valence-corrected chi connectivity index (χ4v) is 4.20. The van der Waals surface area contributed by atoms with E-state index in [1.807, 2.05) is 80.7 Å². The van der Waals surface area contributed by atoms with Gasteiger partial charge in [0.1, 0.15) is 0 Å². The van der Waals surface area contributed by atoms with Crippen molar-refractivity contribution in [3.63, 3.8) is 0 Å². The molecule has 36 heavy (non-hydrogen) atoms. The van der Waals surface area contributed by atoms with Crippen molar-refractivity contribution in [2.45, 2.75) is 26.2 Å². The Labute approximate surface area is 209 Å². The summed E-state index contributed by atoms with van der Waals surface area (Å²) in [6.45, 7) is 5.26. The molecule has 0 aliphatic rings. The molecule has 0 spiro atoms. The highest BCUT2D eigenvalue weighted by Gasteiger charge is 2.19. The van der Waals surface area contributed by atoms with Gasteiger partial charge in [0.05, 0.1) is 40.1 Å². The van der Waals surface area contributed by atoms with E-state index in [4.69, 9.17) is 0 Å². The minimum absolute atomic E-state index is 0.180. The summed E-state index contributed by atoms with van der Waals surface area (Å²) in [5, 5.41) is 17.8. The molecule has 6 nitrogen and oxygen atoms in total. The second-order valence-electron chi connectivity index (χ2n) is 9.32. The van der Waals surface area contributed by atoms with Crippen LogP contribution in [-0.2, 0) is 10.2 Å². The lowest BCUT2D eigenvalue weighted by Gasteiger charge is -2.18. The van der Waals surface area contributed by atoms with Gasteiger partial charge in [0.25, 0.3) is 0 Å². The zero-order chi connectivity index (χ0) is 25.3. The maximum absolute atomic E-state index is 11.9. The Bertz CT molecular complexity index is 1650. The maximum atomic E-state index is 11.9. The van der Waals surface area contributed by atoms with Crippen molar-refractivity contribution >= 4 is 44.8 Å². The van der Waals surface area contributed by atoms with Gasteiger partial charge in [-0.3, -0.25) is 14.8 Å². The molecule has 0 saturated carbocycles. The Hall–Kier alpha value is -4.76. The quantitative estimate of drug-likeness (QED) is 0.289. The van der Waals surface area contributed by atoms with E-state index in [1.165, 1.54) is 6.92 Å². The number of amides is 1. The van der Waals surface area contributed by atoms with Gasteiger partial charge >= 0.3 is 0 Å². The van der Waals surface area contributed by atoms with Crippen LogP contribution in [0.5, 0.6) is 0 Å². The largest absolute Gasteiger partial charge is 0.353 e. The molecule has 0 radical (unpaired) electrons. The van der Waals surface area contributed by atoms with Gasteiger partial charge < -0.3 is 10.6 Å². The van der Waals surface area contributed by atoms with Crippen LogP contribution < -0.4 is 10.6 Å². The van der Waals surface area contributed by atoms with Gasteiger partial charge in [-0.25, -0.2) is 0 Å². The molecule has 0 saturated heterocycles. The van der Waals surface area contributed by atoms with Gasteiger partial charge in [-0.05, 0) is 61.4 Å². The third-order valence-corrected chi connectivity index (χ3v) is 6.26. The zero-order valence-electron chi connectivity index (χ0n) is 20.3. The number of pyridine rings is 2. The van der Waals surface area contributed by atoms with Crippen molar-refractivity contribution in [3.05, 3.63) is 90.8 Å². The average molecular weight is 472 g/mol. The van der Waals surface area contributed by atoms with Gasteiger partial charge in [-0.2, -0.15) is 5.26 Å². The van der Waals surface area contributed by atoms with Crippen LogP contribution >= 0.6 is 0 Å². The lowest BCUT2D eigenvalue weighted by Crippen LogP contribution is -2.13. The van der Waals surface area contributed by atoms with Gasteiger partial charge in [0.2, 0.25) is 5.91 Å². The molecule has 2 heterocycles. The molecule has 5 rings (SSSR count). The Kier molecular flexibility index (Phi) is 5.83. The van der Waals surface area contributed by atoms with Crippen LogP contribution in [-0.4, -0.2) is 15.9 Å². The van der Waals surface area contributed by atoms with Crippen LogP contribution in [0, 0.1) is 11.3 Å². The lowest BCUT2D eigenvalue weighted by atomic mass is 9.86. The summed E-state index contributed by atoms with van der Waals surface area (Å²) >= 11 is 0. The van der Waals surface area contributed by atoms with E-state index in [0.717, 1.165) is 49.9 Å². The summed E-state index contributed by atoms with van der Waals surface area (Å²) < 4.78 is 0. The number of nitrogens with zero attached hydrogens (tertiary/aromatic N) is 3. The summed E-state index contributed by atoms with van der Waals surface area (Å²) in [5.41, 5.74) is 6.27. The highest BCUT2D eigenvalue weighted by molar-refractivity contribution is 6.05. The minimum Gasteiger partial charge on any atom is -0.353 e. The number of hydrogen-bond acceptors (Lipinski definition) is 5. The Morgan fingerprint density at radius 3 is 2.39 bits per heavy atom. The van der Waals surface area contributed by atoms with Crippen LogP contribution in [0.1, 0.15) is 26.3 Å². The zero-order valence-corrected chi connectivity index (χ0v) is 20.3. The molecule has 2 aromatic heterocycles. The molecular weight excluding hydrogens is 446 g/mol. The average Bonchev–Trinajstić information content (AvgIpc) is 2.89. The van der Waals surface area contributed by atoms with Crippen LogP contribution in [0.3, 0.4) is 0 Å². The molecular formula is C30H25N5O. The van der Waals surface area contributed by atoms with E-state index in [2.05, 4.69) is 38.8 Å². The maximum Gasteiger partial charge on any atom is 0.221 e. The second-order valence-corrected chi connectivity index (χ2v) is 9.32. The number of rotatable bonds is 5. The number of nitriles is 1. The number of anilines is 3. The molecule has 2 N–H and O–H groups in total. The summed E-state index contributed by atoms with van der Waals surface area (Å²) in [6.07, 6.45) is 3.54. The van der Waals surface area contributed by atoms with E-state index >= 15 is 0 Å². The number of carbonyl (C=O) groups excluding carboxylic acids is 1. The number of aromatic nitrogens is 2. The third-order valence-electron chi connectivity index (χ3n) is 6.26. The first-order valence-corrected chi connectivity index (χ1v) is 11.7. The van der Waals surface area contributed by atoms with E-state index in [0.29, 0.717) is 5.69 Å². The fourth-order valence-electron chi connectivity index (χ4n) is 4.20. The number of para-hydroxylation sites is 1. The SMILES string of the molecule is CC(=O)Nc1cnc2ccc(-c3cnc4ccccc4c3)cc2c1Nc1ccc(C(C)(C)C#N)cc1.